The van der Waals surface area contributed by atoms with Crippen LogP contribution in [0.3, 0.4) is 0 Å². The summed E-state index contributed by atoms with van der Waals surface area (Å²) >= 11 is 12.3. The van der Waals surface area contributed by atoms with Gasteiger partial charge in [0.25, 0.3) is 5.91 Å². The standard InChI is InChI=1S/C37H47Cl2N3O6S/c1-24-6-4-15-37(47-3,20-34(43)40-17-16-38)31-11-8-28(31)21-42-22-36(14-5-7-26-18-29(39)10-12-30(26)36)23-48-33-13-9-27(19-32(33)42)35(44)41-49(45,46)25(24)2/h4,9-10,12-13,15,18-19,24-25,28,31H,5-8,11,14,16-17,20-23H2,1-3H3,(H,40,43)(H,41,44)/b15-4-/t24-,25+,28-,31+,36-,37+/m0/s1. The zero-order valence-corrected chi connectivity index (χ0v) is 30.8. The Morgan fingerprint density at radius 3 is 2.73 bits per heavy atom. The maximum atomic E-state index is 13.5. The molecule has 2 aliphatic carbocycles. The molecule has 2 aromatic rings. The second-order valence-electron chi connectivity index (χ2n) is 14.4. The van der Waals surface area contributed by atoms with Crippen LogP contribution >= 0.6 is 23.2 Å². The first-order valence-corrected chi connectivity index (χ1v) is 19.8. The van der Waals surface area contributed by atoms with Crippen molar-refractivity contribution in [3.8, 4) is 5.75 Å². The molecule has 9 nitrogen and oxygen atoms in total. The van der Waals surface area contributed by atoms with Crippen molar-refractivity contribution in [2.45, 2.75) is 75.1 Å². The lowest BCUT2D eigenvalue weighted by atomic mass is 9.62. The first-order chi connectivity index (χ1) is 23.4. The summed E-state index contributed by atoms with van der Waals surface area (Å²) in [6.45, 7) is 5.56. The minimum absolute atomic E-state index is 0.0207. The van der Waals surface area contributed by atoms with Gasteiger partial charge in [-0.3, -0.25) is 9.59 Å². The fourth-order valence-corrected chi connectivity index (χ4v) is 9.91. The lowest BCUT2D eigenvalue weighted by molar-refractivity contribution is -0.132. The quantitative estimate of drug-likeness (QED) is 0.286. The highest BCUT2D eigenvalue weighted by Gasteiger charge is 2.50. The Balaban J connectivity index is 1.45. The number of fused-ring (bicyclic) bond motifs is 4. The van der Waals surface area contributed by atoms with Gasteiger partial charge in [0.2, 0.25) is 15.9 Å². The molecule has 6 rings (SSSR count). The topological polar surface area (TPSA) is 114 Å². The number of halogens is 2. The van der Waals surface area contributed by atoms with Gasteiger partial charge in [0.15, 0.2) is 0 Å². The number of aryl methyl sites for hydroxylation is 1. The van der Waals surface area contributed by atoms with Crippen LogP contribution < -0.4 is 19.7 Å². The third kappa shape index (κ3) is 7.21. The third-order valence-corrected chi connectivity index (χ3v) is 13.8. The van der Waals surface area contributed by atoms with Crippen LogP contribution in [0, 0.1) is 17.8 Å². The Morgan fingerprint density at radius 1 is 1.18 bits per heavy atom. The van der Waals surface area contributed by atoms with Gasteiger partial charge in [-0.25, -0.2) is 13.1 Å². The highest BCUT2D eigenvalue weighted by atomic mass is 35.5. The number of benzene rings is 2. The SMILES string of the molecule is CO[C@@]1(CC(=O)NCCCl)/C=C\C[C@H](C)[C@@H](C)S(=O)(=O)NC(=O)c2ccc3c(c2)N(C[C@@H]2CC[C@H]21)C[C@@]1(CCCc2cc(Cl)ccc21)CO3. The normalized spacial score (nSPS) is 31.6. The molecule has 49 heavy (non-hydrogen) atoms. The number of alkyl halides is 1. The third-order valence-electron chi connectivity index (χ3n) is 11.5. The van der Waals surface area contributed by atoms with Gasteiger partial charge in [0.05, 0.1) is 29.6 Å². The van der Waals surface area contributed by atoms with Gasteiger partial charge < -0.3 is 19.7 Å². The van der Waals surface area contributed by atoms with Crippen LogP contribution in [0.15, 0.2) is 48.6 Å². The summed E-state index contributed by atoms with van der Waals surface area (Å²) in [5.41, 5.74) is 2.23. The van der Waals surface area contributed by atoms with E-state index in [4.69, 9.17) is 32.7 Å². The fourth-order valence-electron chi connectivity index (χ4n) is 8.34. The summed E-state index contributed by atoms with van der Waals surface area (Å²) < 4.78 is 42.2. The molecule has 266 valence electrons. The Bertz CT molecular complexity index is 1720. The van der Waals surface area contributed by atoms with Crippen LogP contribution in [0.25, 0.3) is 0 Å². The molecule has 0 radical (unpaired) electrons. The number of rotatable bonds is 5. The van der Waals surface area contributed by atoms with Crippen LogP contribution in [0.2, 0.25) is 5.02 Å². The summed E-state index contributed by atoms with van der Waals surface area (Å²) in [6, 6.07) is 11.3. The van der Waals surface area contributed by atoms with Crippen molar-refractivity contribution in [2.24, 2.45) is 17.8 Å². The minimum Gasteiger partial charge on any atom is -0.490 e. The summed E-state index contributed by atoms with van der Waals surface area (Å²) in [6.07, 6.45) is 9.15. The van der Waals surface area contributed by atoms with E-state index in [0.717, 1.165) is 37.8 Å². The van der Waals surface area contributed by atoms with Gasteiger partial charge >= 0.3 is 0 Å². The van der Waals surface area contributed by atoms with Crippen molar-refractivity contribution in [1.82, 2.24) is 10.0 Å². The average Bonchev–Trinajstić information content (AvgIpc) is 3.21. The van der Waals surface area contributed by atoms with Gasteiger partial charge in [0.1, 0.15) is 5.75 Å². The predicted octanol–water partition coefficient (Wildman–Crippen LogP) is 6.01. The van der Waals surface area contributed by atoms with E-state index in [-0.39, 0.29) is 41.1 Å². The molecule has 6 atom stereocenters. The molecule has 12 heteroatoms. The van der Waals surface area contributed by atoms with E-state index in [1.165, 1.54) is 11.1 Å². The van der Waals surface area contributed by atoms with Crippen LogP contribution in [0.1, 0.15) is 73.9 Å². The van der Waals surface area contributed by atoms with E-state index < -0.39 is 26.8 Å². The number of nitrogens with zero attached hydrogens (tertiary/aromatic N) is 1. The fraction of sp³-hybridized carbons (Fsp3) is 0.568. The first kappa shape index (κ1) is 36.0. The predicted molar refractivity (Wildman–Crippen MR) is 193 cm³/mol. The molecule has 2 aromatic carbocycles. The van der Waals surface area contributed by atoms with E-state index in [1.807, 2.05) is 25.1 Å². The smallest absolute Gasteiger partial charge is 0.264 e. The molecular formula is C37H47Cl2N3O6S. The Hall–Kier alpha value is -2.79. The van der Waals surface area contributed by atoms with E-state index >= 15 is 0 Å². The Labute approximate surface area is 300 Å². The van der Waals surface area contributed by atoms with E-state index in [2.05, 4.69) is 27.1 Å². The molecule has 4 aliphatic rings. The van der Waals surface area contributed by atoms with Gasteiger partial charge in [0, 0.05) is 48.6 Å². The number of hydrogen-bond acceptors (Lipinski definition) is 7. The number of carbonyl (C=O) groups excluding carboxylic acids is 2. The lowest BCUT2D eigenvalue weighted by Gasteiger charge is -2.50. The molecule has 0 saturated heterocycles. The van der Waals surface area contributed by atoms with E-state index in [0.29, 0.717) is 49.3 Å². The van der Waals surface area contributed by atoms with Crippen LogP contribution in [-0.4, -0.2) is 70.3 Å². The highest BCUT2D eigenvalue weighted by molar-refractivity contribution is 7.90. The highest BCUT2D eigenvalue weighted by Crippen LogP contribution is 2.50. The molecule has 1 spiro atoms. The van der Waals surface area contributed by atoms with Gasteiger partial charge in [-0.05, 0) is 105 Å². The Morgan fingerprint density at radius 2 is 2.00 bits per heavy atom. The second kappa shape index (κ2) is 14.4. The van der Waals surface area contributed by atoms with E-state index in [1.54, 1.807) is 32.2 Å². The molecule has 2 amide bonds. The van der Waals surface area contributed by atoms with Crippen molar-refractivity contribution in [3.05, 3.63) is 70.3 Å². The van der Waals surface area contributed by atoms with Gasteiger partial charge in [-0.2, -0.15) is 0 Å². The molecule has 2 N–H and O–H groups in total. The molecule has 1 saturated carbocycles. The maximum Gasteiger partial charge on any atom is 0.264 e. The van der Waals surface area contributed by atoms with Gasteiger partial charge in [-0.15, -0.1) is 11.6 Å². The summed E-state index contributed by atoms with van der Waals surface area (Å²) in [5.74, 6) is 0.0266. The van der Waals surface area contributed by atoms with Crippen molar-refractivity contribution < 1.29 is 27.5 Å². The number of carbonyl (C=O) groups is 2. The number of methoxy groups -OCH3 is 1. The molecule has 0 unspecified atom stereocenters. The number of hydrogen-bond donors (Lipinski definition) is 2. The molecule has 0 aromatic heterocycles. The number of ether oxygens (including phenoxy) is 2. The van der Waals surface area contributed by atoms with Crippen molar-refractivity contribution in [3.63, 3.8) is 0 Å². The van der Waals surface area contributed by atoms with Crippen LogP contribution in [0.5, 0.6) is 5.75 Å². The zero-order chi connectivity index (χ0) is 35.0. The van der Waals surface area contributed by atoms with Gasteiger partial charge in [-0.1, -0.05) is 36.7 Å². The van der Waals surface area contributed by atoms with E-state index in [9.17, 15) is 18.0 Å². The monoisotopic (exact) mass is 731 g/mol. The largest absolute Gasteiger partial charge is 0.490 e. The second-order valence-corrected chi connectivity index (χ2v) is 17.3. The number of amides is 2. The summed E-state index contributed by atoms with van der Waals surface area (Å²) in [4.78, 5) is 29.1. The molecule has 1 fully saturated rings. The average molecular weight is 733 g/mol. The van der Waals surface area contributed by atoms with Crippen molar-refractivity contribution in [2.75, 3.05) is 44.1 Å². The summed E-state index contributed by atoms with van der Waals surface area (Å²) in [7, 11) is -2.35. The summed E-state index contributed by atoms with van der Waals surface area (Å²) in [5, 5.41) is 2.77. The first-order valence-electron chi connectivity index (χ1n) is 17.3. The van der Waals surface area contributed by atoms with Crippen molar-refractivity contribution >= 4 is 50.7 Å². The Kier molecular flexibility index (Phi) is 10.6. The van der Waals surface area contributed by atoms with Crippen LogP contribution in [0.4, 0.5) is 5.69 Å². The molecule has 2 bridgehead atoms. The van der Waals surface area contributed by atoms with Crippen molar-refractivity contribution in [1.29, 1.82) is 0 Å². The maximum absolute atomic E-state index is 13.5. The number of sulfonamides is 1. The minimum atomic E-state index is -4.01. The zero-order valence-electron chi connectivity index (χ0n) is 28.5. The molecule has 2 aliphatic heterocycles. The van der Waals surface area contributed by atoms with Crippen LogP contribution in [-0.2, 0) is 31.4 Å². The number of nitrogens with one attached hydrogen (secondary N) is 2. The molecule has 2 heterocycles. The number of allylic oxidation sites excluding steroid dienone is 1. The molecular weight excluding hydrogens is 685 g/mol. The number of anilines is 1. The lowest BCUT2D eigenvalue weighted by Crippen LogP contribution is -2.54.